The van der Waals surface area contributed by atoms with E-state index >= 15 is 0 Å². The number of carbonyl (C=O) groups is 2. The summed E-state index contributed by atoms with van der Waals surface area (Å²) in [6.45, 7) is 7.77. The van der Waals surface area contributed by atoms with E-state index in [-0.39, 0.29) is 5.78 Å². The van der Waals surface area contributed by atoms with Gasteiger partial charge in [-0.15, -0.1) is 0 Å². The molecule has 1 aromatic rings. The Labute approximate surface area is 158 Å². The van der Waals surface area contributed by atoms with E-state index in [1.54, 1.807) is 26.0 Å². The molecule has 0 bridgehead atoms. The lowest BCUT2D eigenvalue weighted by Gasteiger charge is -2.20. The van der Waals surface area contributed by atoms with Crippen LogP contribution in [0.3, 0.4) is 0 Å². The number of hydrogen-bond donors (Lipinski definition) is 0. The fourth-order valence-electron chi connectivity index (χ4n) is 2.38. The molecule has 0 aliphatic heterocycles. The highest BCUT2D eigenvalue weighted by Crippen LogP contribution is 2.35. The molecule has 0 aliphatic carbocycles. The summed E-state index contributed by atoms with van der Waals surface area (Å²) in [4.78, 5) is 23.8. The second-order valence-electron chi connectivity index (χ2n) is 5.63. The zero-order valence-electron chi connectivity index (χ0n) is 15.4. The molecule has 1 atom stereocenters. The molecule has 0 radical (unpaired) electrons. The van der Waals surface area contributed by atoms with Crippen LogP contribution in [-0.2, 0) is 16.0 Å². The van der Waals surface area contributed by atoms with Crippen LogP contribution in [0.15, 0.2) is 12.1 Å². The highest BCUT2D eigenvalue weighted by molar-refractivity contribution is 9.09. The van der Waals surface area contributed by atoms with Gasteiger partial charge in [0.15, 0.2) is 11.9 Å². The van der Waals surface area contributed by atoms with Crippen LogP contribution >= 0.6 is 15.9 Å². The molecule has 0 aromatic heterocycles. The van der Waals surface area contributed by atoms with Crippen LogP contribution in [0.2, 0.25) is 0 Å². The summed E-state index contributed by atoms with van der Waals surface area (Å²) < 4.78 is 16.7. The van der Waals surface area contributed by atoms with Crippen molar-refractivity contribution in [2.75, 3.05) is 18.5 Å². The second kappa shape index (κ2) is 11.1. The molecular weight excluding hydrogens is 388 g/mol. The first-order valence-electron chi connectivity index (χ1n) is 8.65. The predicted molar refractivity (Wildman–Crippen MR) is 101 cm³/mol. The minimum absolute atomic E-state index is 0.0591. The Hall–Kier alpha value is -1.56. The van der Waals surface area contributed by atoms with Crippen LogP contribution in [0.4, 0.5) is 0 Å². The first-order chi connectivity index (χ1) is 12.0. The van der Waals surface area contributed by atoms with Gasteiger partial charge in [-0.25, -0.2) is 4.79 Å². The van der Waals surface area contributed by atoms with Gasteiger partial charge >= 0.3 is 5.97 Å². The third kappa shape index (κ3) is 6.34. The average molecular weight is 415 g/mol. The Balaban J connectivity index is 3.21. The molecule has 0 fully saturated rings. The van der Waals surface area contributed by atoms with Crippen molar-refractivity contribution in [1.29, 1.82) is 0 Å². The number of ether oxygens (including phenoxy) is 3. The van der Waals surface area contributed by atoms with Crippen molar-refractivity contribution in [3.8, 4) is 11.5 Å². The van der Waals surface area contributed by atoms with E-state index in [0.717, 1.165) is 23.7 Å². The zero-order chi connectivity index (χ0) is 18.8. The monoisotopic (exact) mass is 414 g/mol. The van der Waals surface area contributed by atoms with E-state index in [9.17, 15) is 9.59 Å². The molecule has 5 nitrogen and oxygen atoms in total. The maximum atomic E-state index is 12.0. The summed E-state index contributed by atoms with van der Waals surface area (Å²) in [7, 11) is 0. The number of ketones is 1. The number of benzene rings is 1. The Kier molecular flexibility index (Phi) is 9.57. The SMILES string of the molecule is CCCc1c(OC(C)C(=O)OCC)ccc(C(C)=O)c1OCCCBr. The maximum absolute atomic E-state index is 12.0. The van der Waals surface area contributed by atoms with Crippen molar-refractivity contribution in [3.05, 3.63) is 23.3 Å². The largest absolute Gasteiger partial charge is 0.492 e. The van der Waals surface area contributed by atoms with E-state index in [1.165, 1.54) is 6.92 Å². The number of carbonyl (C=O) groups excluding carboxylic acids is 2. The van der Waals surface area contributed by atoms with Gasteiger partial charge in [0.25, 0.3) is 0 Å². The molecule has 0 saturated heterocycles. The normalized spacial score (nSPS) is 11.7. The summed E-state index contributed by atoms with van der Waals surface area (Å²) in [5.74, 6) is 0.642. The number of hydrogen-bond acceptors (Lipinski definition) is 5. The molecular formula is C19H27BrO5. The van der Waals surface area contributed by atoms with Crippen LogP contribution in [0.5, 0.6) is 11.5 Å². The van der Waals surface area contributed by atoms with E-state index < -0.39 is 12.1 Å². The average Bonchev–Trinajstić information content (AvgIpc) is 2.57. The number of alkyl halides is 1. The summed E-state index contributed by atoms with van der Waals surface area (Å²) in [6.07, 6.45) is 1.65. The van der Waals surface area contributed by atoms with E-state index in [0.29, 0.717) is 36.7 Å². The molecule has 0 saturated carbocycles. The minimum atomic E-state index is -0.728. The highest BCUT2D eigenvalue weighted by atomic mass is 79.9. The molecule has 25 heavy (non-hydrogen) atoms. The van der Waals surface area contributed by atoms with Gasteiger partial charge in [0, 0.05) is 10.9 Å². The number of rotatable bonds is 11. The molecule has 1 rings (SSSR count). The van der Waals surface area contributed by atoms with E-state index in [1.807, 2.05) is 6.92 Å². The van der Waals surface area contributed by atoms with Crippen molar-refractivity contribution >= 4 is 27.7 Å². The van der Waals surface area contributed by atoms with E-state index in [4.69, 9.17) is 14.2 Å². The summed E-state index contributed by atoms with van der Waals surface area (Å²) in [5, 5.41) is 0.821. The van der Waals surface area contributed by atoms with Gasteiger partial charge in [0.1, 0.15) is 11.5 Å². The van der Waals surface area contributed by atoms with Crippen LogP contribution in [0.1, 0.15) is 56.5 Å². The molecule has 0 amide bonds. The first-order valence-corrected chi connectivity index (χ1v) is 9.77. The zero-order valence-corrected chi connectivity index (χ0v) is 17.0. The number of halogens is 1. The molecule has 0 N–H and O–H groups in total. The lowest BCUT2D eigenvalue weighted by molar-refractivity contribution is -0.150. The van der Waals surface area contributed by atoms with Gasteiger partial charge in [-0.1, -0.05) is 29.3 Å². The van der Waals surface area contributed by atoms with Gasteiger partial charge in [-0.3, -0.25) is 4.79 Å². The Bertz CT molecular complexity index is 585. The molecule has 0 spiro atoms. The lowest BCUT2D eigenvalue weighted by Crippen LogP contribution is -2.26. The third-order valence-electron chi connectivity index (χ3n) is 3.54. The molecule has 0 aliphatic rings. The molecule has 1 unspecified atom stereocenters. The smallest absolute Gasteiger partial charge is 0.347 e. The quantitative estimate of drug-likeness (QED) is 0.233. The third-order valence-corrected chi connectivity index (χ3v) is 4.10. The number of Topliss-reactive ketones (excluding diaryl/α,β-unsaturated/α-hetero) is 1. The fourth-order valence-corrected chi connectivity index (χ4v) is 2.60. The fraction of sp³-hybridized carbons (Fsp3) is 0.579. The van der Waals surface area contributed by atoms with Crippen molar-refractivity contribution in [1.82, 2.24) is 0 Å². The Morgan fingerprint density at radius 3 is 2.52 bits per heavy atom. The van der Waals surface area contributed by atoms with Crippen LogP contribution in [-0.4, -0.2) is 36.4 Å². The van der Waals surface area contributed by atoms with Crippen molar-refractivity contribution in [3.63, 3.8) is 0 Å². The summed E-state index contributed by atoms with van der Waals surface area (Å²) in [6, 6.07) is 3.42. The number of esters is 1. The van der Waals surface area contributed by atoms with Crippen molar-refractivity contribution in [2.45, 2.75) is 53.1 Å². The molecule has 0 heterocycles. The van der Waals surface area contributed by atoms with Gasteiger partial charge < -0.3 is 14.2 Å². The first kappa shape index (κ1) is 21.5. The van der Waals surface area contributed by atoms with E-state index in [2.05, 4.69) is 15.9 Å². The topological polar surface area (TPSA) is 61.8 Å². The second-order valence-corrected chi connectivity index (χ2v) is 6.42. The van der Waals surface area contributed by atoms with Crippen LogP contribution in [0, 0.1) is 0 Å². The molecule has 1 aromatic carbocycles. The standard InChI is InChI=1S/C19H27BrO5/c1-5-8-16-17(25-14(4)19(22)23-6-2)10-9-15(13(3)21)18(16)24-12-7-11-20/h9-10,14H,5-8,11-12H2,1-4H3. The summed E-state index contributed by atoms with van der Waals surface area (Å²) in [5.41, 5.74) is 1.36. The van der Waals surface area contributed by atoms with Crippen LogP contribution in [0.25, 0.3) is 0 Å². The molecule has 6 heteroatoms. The van der Waals surface area contributed by atoms with Crippen LogP contribution < -0.4 is 9.47 Å². The lowest BCUT2D eigenvalue weighted by atomic mass is 10.0. The van der Waals surface area contributed by atoms with Gasteiger partial charge in [0.05, 0.1) is 18.8 Å². The minimum Gasteiger partial charge on any atom is -0.492 e. The van der Waals surface area contributed by atoms with Gasteiger partial charge in [-0.05, 0) is 45.7 Å². The van der Waals surface area contributed by atoms with Gasteiger partial charge in [-0.2, -0.15) is 0 Å². The van der Waals surface area contributed by atoms with Crippen molar-refractivity contribution < 1.29 is 23.8 Å². The molecule has 140 valence electrons. The highest BCUT2D eigenvalue weighted by Gasteiger charge is 2.22. The predicted octanol–water partition coefficient (Wildman–Crippen LogP) is 4.34. The van der Waals surface area contributed by atoms with Gasteiger partial charge in [0.2, 0.25) is 0 Å². The van der Waals surface area contributed by atoms with Crippen molar-refractivity contribution in [2.24, 2.45) is 0 Å². The summed E-state index contributed by atoms with van der Waals surface area (Å²) >= 11 is 3.37. The maximum Gasteiger partial charge on any atom is 0.347 e. The Morgan fingerprint density at radius 2 is 1.96 bits per heavy atom. The Morgan fingerprint density at radius 1 is 1.24 bits per heavy atom.